The van der Waals surface area contributed by atoms with Gasteiger partial charge in [-0.15, -0.1) is 0 Å². The van der Waals surface area contributed by atoms with Gasteiger partial charge in [0, 0.05) is 6.20 Å². The summed E-state index contributed by atoms with van der Waals surface area (Å²) in [4.78, 5) is 14.4. The first-order chi connectivity index (χ1) is 6.27. The lowest BCUT2D eigenvalue weighted by Gasteiger charge is -2.09. The van der Waals surface area contributed by atoms with Crippen molar-refractivity contribution in [2.75, 3.05) is 6.54 Å². The van der Waals surface area contributed by atoms with Crippen molar-refractivity contribution >= 4 is 6.29 Å². The minimum absolute atomic E-state index is 0.395. The third-order valence-electron chi connectivity index (χ3n) is 2.09. The van der Waals surface area contributed by atoms with E-state index in [2.05, 4.69) is 11.9 Å². The topological polar surface area (TPSA) is 56.0 Å². The molecule has 0 spiro atoms. The highest BCUT2D eigenvalue weighted by atomic mass is 16.1. The van der Waals surface area contributed by atoms with Crippen molar-refractivity contribution in [1.82, 2.24) is 4.98 Å². The summed E-state index contributed by atoms with van der Waals surface area (Å²) in [6.45, 7) is 2.76. The van der Waals surface area contributed by atoms with Gasteiger partial charge in [-0.05, 0) is 36.6 Å². The Balaban J connectivity index is 2.81. The van der Waals surface area contributed by atoms with Crippen LogP contribution in [0.2, 0.25) is 0 Å². The Morgan fingerprint density at radius 2 is 2.46 bits per heavy atom. The summed E-state index contributed by atoms with van der Waals surface area (Å²) in [5, 5.41) is 0. The number of carbonyl (C=O) groups excluding carboxylic acids is 1. The minimum atomic E-state index is 0.395. The van der Waals surface area contributed by atoms with Crippen LogP contribution in [0.3, 0.4) is 0 Å². The number of rotatable bonds is 4. The quantitative estimate of drug-likeness (QED) is 0.708. The van der Waals surface area contributed by atoms with Crippen LogP contribution in [0.25, 0.3) is 0 Å². The largest absolute Gasteiger partial charge is 0.330 e. The summed E-state index contributed by atoms with van der Waals surface area (Å²) in [6.07, 6.45) is 3.35. The van der Waals surface area contributed by atoms with Crippen molar-refractivity contribution in [3.63, 3.8) is 0 Å². The monoisotopic (exact) mass is 178 g/mol. The molecule has 0 aliphatic rings. The lowest BCUT2D eigenvalue weighted by Crippen LogP contribution is -2.05. The highest BCUT2D eigenvalue weighted by Gasteiger charge is 2.04. The van der Waals surface area contributed by atoms with E-state index in [0.717, 1.165) is 18.3 Å². The molecule has 1 aromatic heterocycles. The van der Waals surface area contributed by atoms with Crippen LogP contribution in [-0.4, -0.2) is 17.8 Å². The molecule has 3 nitrogen and oxygen atoms in total. The van der Waals surface area contributed by atoms with E-state index in [1.807, 2.05) is 12.1 Å². The third kappa shape index (κ3) is 2.63. The van der Waals surface area contributed by atoms with Gasteiger partial charge in [0.25, 0.3) is 0 Å². The lowest BCUT2D eigenvalue weighted by molar-refractivity contribution is 0.111. The smallest absolute Gasteiger partial charge is 0.168 e. The van der Waals surface area contributed by atoms with Crippen molar-refractivity contribution in [3.8, 4) is 0 Å². The number of nitrogens with two attached hydrogens (primary N) is 1. The van der Waals surface area contributed by atoms with Gasteiger partial charge in [0.2, 0.25) is 0 Å². The molecule has 0 aliphatic heterocycles. The maximum atomic E-state index is 10.5. The van der Waals surface area contributed by atoms with Crippen LogP contribution in [0.5, 0.6) is 0 Å². The fourth-order valence-corrected chi connectivity index (χ4v) is 1.25. The molecular weight excluding hydrogens is 164 g/mol. The zero-order valence-electron chi connectivity index (χ0n) is 7.73. The van der Waals surface area contributed by atoms with Crippen molar-refractivity contribution < 1.29 is 4.79 Å². The predicted octanol–water partition coefficient (Wildman–Crippen LogP) is 1.35. The minimum Gasteiger partial charge on any atom is -0.330 e. The predicted molar refractivity (Wildman–Crippen MR) is 51.7 cm³/mol. The molecule has 0 bridgehead atoms. The molecule has 1 aromatic rings. The molecule has 0 fully saturated rings. The zero-order chi connectivity index (χ0) is 9.68. The summed E-state index contributed by atoms with van der Waals surface area (Å²) >= 11 is 0. The van der Waals surface area contributed by atoms with Gasteiger partial charge in [0.1, 0.15) is 5.69 Å². The molecule has 0 amide bonds. The number of hydrogen-bond acceptors (Lipinski definition) is 3. The van der Waals surface area contributed by atoms with Gasteiger partial charge in [-0.25, -0.2) is 0 Å². The molecule has 13 heavy (non-hydrogen) atoms. The van der Waals surface area contributed by atoms with Crippen LogP contribution >= 0.6 is 0 Å². The van der Waals surface area contributed by atoms with Gasteiger partial charge in [-0.1, -0.05) is 6.92 Å². The van der Waals surface area contributed by atoms with Crippen molar-refractivity contribution in [2.24, 2.45) is 5.73 Å². The molecule has 2 N–H and O–H groups in total. The van der Waals surface area contributed by atoms with E-state index >= 15 is 0 Å². The van der Waals surface area contributed by atoms with Crippen molar-refractivity contribution in [3.05, 3.63) is 29.6 Å². The summed E-state index contributed by atoms with van der Waals surface area (Å²) in [5.74, 6) is 0.395. The zero-order valence-corrected chi connectivity index (χ0v) is 7.73. The van der Waals surface area contributed by atoms with Gasteiger partial charge < -0.3 is 5.73 Å². The van der Waals surface area contributed by atoms with Crippen LogP contribution in [-0.2, 0) is 0 Å². The average molecular weight is 178 g/mol. The average Bonchev–Trinajstić information content (AvgIpc) is 2.18. The molecule has 1 rings (SSSR count). The molecule has 0 saturated heterocycles. The van der Waals surface area contributed by atoms with Crippen LogP contribution in [0.15, 0.2) is 18.3 Å². The highest BCUT2D eigenvalue weighted by Crippen LogP contribution is 2.17. The van der Waals surface area contributed by atoms with E-state index < -0.39 is 0 Å². The second-order valence-corrected chi connectivity index (χ2v) is 3.11. The van der Waals surface area contributed by atoms with E-state index in [0.29, 0.717) is 18.2 Å². The number of carbonyl (C=O) groups is 1. The highest BCUT2D eigenvalue weighted by molar-refractivity contribution is 5.71. The Morgan fingerprint density at radius 3 is 3.08 bits per heavy atom. The SMILES string of the molecule is CC(CCN)c1ccnc(C=O)c1. The van der Waals surface area contributed by atoms with Crippen LogP contribution in [0.4, 0.5) is 0 Å². The molecule has 1 heterocycles. The van der Waals surface area contributed by atoms with Gasteiger partial charge in [-0.2, -0.15) is 0 Å². The number of nitrogens with zero attached hydrogens (tertiary/aromatic N) is 1. The van der Waals surface area contributed by atoms with Gasteiger partial charge in [0.15, 0.2) is 6.29 Å². The molecule has 1 atom stereocenters. The van der Waals surface area contributed by atoms with Gasteiger partial charge >= 0.3 is 0 Å². The standard InChI is InChI=1S/C10H14N2O/c1-8(2-4-11)9-3-5-12-10(6-9)7-13/h3,5-8H,2,4,11H2,1H3. The first-order valence-corrected chi connectivity index (χ1v) is 4.39. The Hall–Kier alpha value is -1.22. The molecule has 0 aromatic carbocycles. The Labute approximate surface area is 78.0 Å². The Bertz CT molecular complexity index is 286. The number of aromatic nitrogens is 1. The van der Waals surface area contributed by atoms with E-state index in [4.69, 9.17) is 5.73 Å². The molecular formula is C10H14N2O. The van der Waals surface area contributed by atoms with Crippen molar-refractivity contribution in [2.45, 2.75) is 19.3 Å². The van der Waals surface area contributed by atoms with Crippen LogP contribution in [0.1, 0.15) is 35.3 Å². The van der Waals surface area contributed by atoms with E-state index in [9.17, 15) is 4.79 Å². The molecule has 0 aliphatic carbocycles. The fraction of sp³-hybridized carbons (Fsp3) is 0.400. The summed E-state index contributed by atoms with van der Waals surface area (Å²) in [7, 11) is 0. The van der Waals surface area contributed by atoms with Gasteiger partial charge in [-0.3, -0.25) is 9.78 Å². The number of aldehydes is 1. The number of hydrogen-bond donors (Lipinski definition) is 1. The van der Waals surface area contributed by atoms with Crippen molar-refractivity contribution in [1.29, 1.82) is 0 Å². The Morgan fingerprint density at radius 1 is 1.69 bits per heavy atom. The molecule has 3 heteroatoms. The van der Waals surface area contributed by atoms with E-state index in [1.165, 1.54) is 0 Å². The molecule has 70 valence electrons. The maximum Gasteiger partial charge on any atom is 0.168 e. The summed E-state index contributed by atoms with van der Waals surface area (Å²) in [5.41, 5.74) is 7.07. The van der Waals surface area contributed by atoms with E-state index in [-0.39, 0.29) is 0 Å². The summed E-state index contributed by atoms with van der Waals surface area (Å²) < 4.78 is 0. The first-order valence-electron chi connectivity index (χ1n) is 4.39. The lowest BCUT2D eigenvalue weighted by atomic mass is 9.98. The summed E-state index contributed by atoms with van der Waals surface area (Å²) in [6, 6.07) is 3.74. The van der Waals surface area contributed by atoms with Gasteiger partial charge in [0.05, 0.1) is 0 Å². The molecule has 0 saturated carbocycles. The normalized spacial score (nSPS) is 12.5. The molecule has 0 radical (unpaired) electrons. The first kappa shape index (κ1) is 9.86. The molecule has 1 unspecified atom stereocenters. The second-order valence-electron chi connectivity index (χ2n) is 3.11. The maximum absolute atomic E-state index is 10.5. The second kappa shape index (κ2) is 4.72. The van der Waals surface area contributed by atoms with Crippen LogP contribution < -0.4 is 5.73 Å². The fourth-order valence-electron chi connectivity index (χ4n) is 1.25. The van der Waals surface area contributed by atoms with Crippen LogP contribution in [0, 0.1) is 0 Å². The van der Waals surface area contributed by atoms with E-state index in [1.54, 1.807) is 6.20 Å². The third-order valence-corrected chi connectivity index (χ3v) is 2.09. The Kier molecular flexibility index (Phi) is 3.58. The number of pyridine rings is 1.